The number of anilines is 1. The van der Waals surface area contributed by atoms with Gasteiger partial charge in [-0.05, 0) is 56.9 Å². The molecule has 3 heterocycles. The van der Waals surface area contributed by atoms with Gasteiger partial charge >= 0.3 is 0 Å². The highest BCUT2D eigenvalue weighted by molar-refractivity contribution is 7.12. The Morgan fingerprint density at radius 2 is 2.09 bits per heavy atom. The standard InChI is InChI=1S/C24H25FN6OS/c1-12-18-8-16(25)5-6-17(18)23-21(33-13(2)30-23)9-19(31-27)22(28-10-14-3-4-14)15-7-20(32-12)24(26)29-11-15/h5-8,11-12,14H,3-4,9-10,27H2,1-2H3,(H2,26,29)/t12-/m1/s1. The number of hydrazone groups is 1. The Balaban J connectivity index is 1.72. The fraction of sp³-hybridized carbons (Fsp3) is 0.333. The number of rotatable bonds is 2. The molecule has 9 heteroatoms. The summed E-state index contributed by atoms with van der Waals surface area (Å²) in [6.45, 7) is 4.53. The van der Waals surface area contributed by atoms with Crippen molar-refractivity contribution in [2.45, 2.75) is 39.2 Å². The zero-order valence-corrected chi connectivity index (χ0v) is 19.3. The van der Waals surface area contributed by atoms with Gasteiger partial charge in [-0.1, -0.05) is 0 Å². The first-order valence-corrected chi connectivity index (χ1v) is 11.7. The topological polar surface area (TPSA) is 112 Å². The van der Waals surface area contributed by atoms with Crippen molar-refractivity contribution in [1.82, 2.24) is 9.97 Å². The number of hydrogen-bond acceptors (Lipinski definition) is 8. The first kappa shape index (κ1) is 21.5. The number of ether oxygens (including phenoxy) is 1. The average Bonchev–Trinajstić information content (AvgIpc) is 3.55. The van der Waals surface area contributed by atoms with Gasteiger partial charge in [-0.15, -0.1) is 11.3 Å². The normalized spacial score (nSPS) is 20.5. The molecule has 0 amide bonds. The fourth-order valence-corrected chi connectivity index (χ4v) is 4.99. The first-order valence-electron chi connectivity index (χ1n) is 10.9. The number of nitrogens with zero attached hydrogens (tertiary/aromatic N) is 4. The van der Waals surface area contributed by atoms with E-state index < -0.39 is 6.10 Å². The van der Waals surface area contributed by atoms with Crippen molar-refractivity contribution >= 4 is 28.6 Å². The van der Waals surface area contributed by atoms with Crippen LogP contribution >= 0.6 is 11.3 Å². The molecule has 7 nitrogen and oxygen atoms in total. The Bertz CT molecular complexity index is 1280. The molecule has 4 N–H and O–H groups in total. The Labute approximate surface area is 195 Å². The number of thiazole rings is 1. The second kappa shape index (κ2) is 8.55. The summed E-state index contributed by atoms with van der Waals surface area (Å²) in [4.78, 5) is 15.0. The van der Waals surface area contributed by atoms with Crippen LogP contribution in [-0.4, -0.2) is 27.9 Å². The monoisotopic (exact) mass is 464 g/mol. The Morgan fingerprint density at radius 1 is 1.27 bits per heavy atom. The van der Waals surface area contributed by atoms with Crippen LogP contribution in [0.1, 0.15) is 46.9 Å². The summed E-state index contributed by atoms with van der Waals surface area (Å²) in [5, 5.41) is 5.03. The van der Waals surface area contributed by atoms with Crippen molar-refractivity contribution in [3.05, 3.63) is 57.3 Å². The van der Waals surface area contributed by atoms with Gasteiger partial charge in [0.2, 0.25) is 0 Å². The molecular weight excluding hydrogens is 439 g/mol. The zero-order chi connectivity index (χ0) is 23.1. The van der Waals surface area contributed by atoms with E-state index in [1.165, 1.54) is 25.0 Å². The van der Waals surface area contributed by atoms with Crippen molar-refractivity contribution in [3.8, 4) is 17.0 Å². The van der Waals surface area contributed by atoms with E-state index in [2.05, 4.69) is 10.1 Å². The van der Waals surface area contributed by atoms with Gasteiger partial charge in [-0.3, -0.25) is 4.99 Å². The molecule has 1 aliphatic heterocycles. The number of pyridine rings is 1. The number of benzene rings is 1. The maximum absolute atomic E-state index is 14.3. The number of aliphatic imine (C=N–C) groups is 1. The Morgan fingerprint density at radius 3 is 2.85 bits per heavy atom. The summed E-state index contributed by atoms with van der Waals surface area (Å²) in [6.07, 6.45) is 4.00. The molecule has 2 bridgehead atoms. The van der Waals surface area contributed by atoms with Crippen LogP contribution in [0.4, 0.5) is 10.2 Å². The maximum atomic E-state index is 14.3. The number of aryl methyl sites for hydroxylation is 1. The van der Waals surface area contributed by atoms with Gasteiger partial charge in [0.05, 0.1) is 22.1 Å². The van der Waals surface area contributed by atoms with Gasteiger partial charge in [-0.25, -0.2) is 14.4 Å². The molecule has 5 rings (SSSR count). The van der Waals surface area contributed by atoms with E-state index >= 15 is 0 Å². The molecule has 2 aliphatic rings. The van der Waals surface area contributed by atoms with Gasteiger partial charge in [0, 0.05) is 40.7 Å². The van der Waals surface area contributed by atoms with Crippen molar-refractivity contribution < 1.29 is 9.13 Å². The number of nitrogens with two attached hydrogens (primary N) is 2. The van der Waals surface area contributed by atoms with Crippen LogP contribution in [0.5, 0.6) is 5.75 Å². The fourth-order valence-electron chi connectivity index (χ4n) is 4.03. The summed E-state index contributed by atoms with van der Waals surface area (Å²) < 4.78 is 20.5. The van der Waals surface area contributed by atoms with Crippen molar-refractivity contribution in [1.29, 1.82) is 0 Å². The molecule has 0 spiro atoms. The van der Waals surface area contributed by atoms with Crippen molar-refractivity contribution in [3.63, 3.8) is 0 Å². The summed E-state index contributed by atoms with van der Waals surface area (Å²) >= 11 is 1.57. The lowest BCUT2D eigenvalue weighted by molar-refractivity contribution is 0.227. The van der Waals surface area contributed by atoms with E-state index in [-0.39, 0.29) is 11.6 Å². The van der Waals surface area contributed by atoms with E-state index in [4.69, 9.17) is 26.3 Å². The van der Waals surface area contributed by atoms with Crippen LogP contribution in [0.3, 0.4) is 0 Å². The number of halogens is 1. The zero-order valence-electron chi connectivity index (χ0n) is 18.5. The lowest BCUT2D eigenvalue weighted by Crippen LogP contribution is -2.22. The van der Waals surface area contributed by atoms with Crippen LogP contribution in [0.15, 0.2) is 40.6 Å². The predicted octanol–water partition coefficient (Wildman–Crippen LogP) is 4.44. The number of aromatic nitrogens is 2. The lowest BCUT2D eigenvalue weighted by atomic mass is 9.96. The molecule has 0 unspecified atom stereocenters. The predicted molar refractivity (Wildman–Crippen MR) is 129 cm³/mol. The third-order valence-electron chi connectivity index (χ3n) is 5.93. The van der Waals surface area contributed by atoms with Gasteiger partial charge in [0.15, 0.2) is 11.6 Å². The minimum Gasteiger partial charge on any atom is -0.482 e. The van der Waals surface area contributed by atoms with E-state index in [0.29, 0.717) is 41.6 Å². The lowest BCUT2D eigenvalue weighted by Gasteiger charge is -2.21. The van der Waals surface area contributed by atoms with Gasteiger partial charge < -0.3 is 16.3 Å². The molecule has 0 saturated heterocycles. The van der Waals surface area contributed by atoms with Gasteiger partial charge in [0.25, 0.3) is 0 Å². The molecule has 1 atom stereocenters. The molecule has 1 aromatic carbocycles. The molecule has 1 saturated carbocycles. The number of nitrogen functional groups attached to an aromatic ring is 1. The molecular formula is C24H25FN6OS. The quantitative estimate of drug-likeness (QED) is 0.430. The third-order valence-corrected chi connectivity index (χ3v) is 6.90. The largest absolute Gasteiger partial charge is 0.482 e. The van der Waals surface area contributed by atoms with E-state index in [1.54, 1.807) is 23.6 Å². The Hall–Kier alpha value is -3.33. The van der Waals surface area contributed by atoms with Crippen LogP contribution in [0, 0.1) is 18.7 Å². The molecule has 2 aromatic heterocycles. The molecule has 0 radical (unpaired) electrons. The van der Waals surface area contributed by atoms with Gasteiger partial charge in [-0.2, -0.15) is 5.10 Å². The molecule has 33 heavy (non-hydrogen) atoms. The van der Waals surface area contributed by atoms with Gasteiger partial charge in [0.1, 0.15) is 11.9 Å². The van der Waals surface area contributed by atoms with Crippen LogP contribution < -0.4 is 16.3 Å². The average molecular weight is 465 g/mol. The minimum atomic E-state index is -0.487. The second-order valence-corrected chi connectivity index (χ2v) is 9.78. The van der Waals surface area contributed by atoms with Crippen molar-refractivity contribution in [2.24, 2.45) is 21.9 Å². The number of fused-ring (bicyclic) bond motifs is 5. The smallest absolute Gasteiger partial charge is 0.166 e. The van der Waals surface area contributed by atoms with E-state index in [9.17, 15) is 4.39 Å². The maximum Gasteiger partial charge on any atom is 0.166 e. The molecule has 1 aliphatic carbocycles. The van der Waals surface area contributed by atoms with Crippen molar-refractivity contribution in [2.75, 3.05) is 12.3 Å². The highest BCUT2D eigenvalue weighted by Crippen LogP contribution is 2.37. The van der Waals surface area contributed by atoms with Crippen LogP contribution in [0.25, 0.3) is 11.3 Å². The number of hydrogen-bond donors (Lipinski definition) is 2. The van der Waals surface area contributed by atoms with Crippen LogP contribution in [-0.2, 0) is 6.42 Å². The van der Waals surface area contributed by atoms with E-state index in [0.717, 1.165) is 26.7 Å². The van der Waals surface area contributed by atoms with Crippen LogP contribution in [0.2, 0.25) is 0 Å². The minimum absolute atomic E-state index is 0.249. The SMILES string of the molecule is Cc1nc2c(s1)CC(=NN)C(=NCC1CC1)c1cnc(N)c(c1)O[C@H](C)c1cc(F)ccc1-2. The summed E-state index contributed by atoms with van der Waals surface area (Å²) in [6, 6.07) is 6.48. The second-order valence-electron chi connectivity index (χ2n) is 8.49. The highest BCUT2D eigenvalue weighted by Gasteiger charge is 2.26. The molecule has 3 aromatic rings. The Kier molecular flexibility index (Phi) is 5.57. The third kappa shape index (κ3) is 4.32. The highest BCUT2D eigenvalue weighted by atomic mass is 32.1. The first-order chi connectivity index (χ1) is 15.9. The summed E-state index contributed by atoms with van der Waals surface area (Å²) in [5.74, 6) is 6.80. The molecule has 170 valence electrons. The molecule has 1 fully saturated rings. The van der Waals surface area contributed by atoms with E-state index in [1.807, 2.05) is 19.9 Å². The summed E-state index contributed by atoms with van der Waals surface area (Å²) in [7, 11) is 0. The summed E-state index contributed by atoms with van der Waals surface area (Å²) in [5.41, 5.74) is 10.5.